The fourth-order valence-corrected chi connectivity index (χ4v) is 0.777. The number of epoxide rings is 2. The molecule has 2 saturated heterocycles. The van der Waals surface area contributed by atoms with E-state index in [9.17, 15) is 0 Å². The molecular formula is C10H18O4. The topological polar surface area (TPSA) is 43.5 Å². The Morgan fingerprint density at radius 3 is 2.00 bits per heavy atom. The average molecular weight is 202 g/mol. The van der Waals surface area contributed by atoms with Crippen molar-refractivity contribution in [1.29, 1.82) is 0 Å². The Kier molecular flexibility index (Phi) is 5.59. The smallest absolute Gasteiger partial charge is 0.104 e. The quantitative estimate of drug-likeness (QED) is 0.475. The normalized spacial score (nSPS) is 27.2. The van der Waals surface area contributed by atoms with Gasteiger partial charge in [0, 0.05) is 0 Å². The summed E-state index contributed by atoms with van der Waals surface area (Å²) in [5.74, 6) is 0. The summed E-state index contributed by atoms with van der Waals surface area (Å²) in [7, 11) is 0. The molecule has 0 radical (unpaired) electrons. The van der Waals surface area contributed by atoms with Crippen molar-refractivity contribution in [2.75, 3.05) is 33.0 Å². The molecule has 2 fully saturated rings. The average Bonchev–Trinajstić information content (AvgIpc) is 3.01. The van der Waals surface area contributed by atoms with Crippen molar-refractivity contribution in [3.63, 3.8) is 0 Å². The van der Waals surface area contributed by atoms with E-state index in [2.05, 4.69) is 11.3 Å². The Morgan fingerprint density at radius 1 is 1.29 bits per heavy atom. The van der Waals surface area contributed by atoms with Crippen LogP contribution in [0.1, 0.15) is 6.92 Å². The zero-order valence-electron chi connectivity index (χ0n) is 8.61. The van der Waals surface area contributed by atoms with Gasteiger partial charge in [0.15, 0.2) is 0 Å². The molecule has 2 rings (SSSR count). The Balaban J connectivity index is 0.000000171. The van der Waals surface area contributed by atoms with E-state index in [1.165, 1.54) is 6.26 Å². The van der Waals surface area contributed by atoms with E-state index >= 15 is 0 Å². The van der Waals surface area contributed by atoms with Gasteiger partial charge >= 0.3 is 0 Å². The van der Waals surface area contributed by atoms with Gasteiger partial charge in [-0.05, 0) is 6.92 Å². The maximum absolute atomic E-state index is 5.23. The maximum atomic E-state index is 5.23. The molecule has 2 heterocycles. The Morgan fingerprint density at radius 2 is 1.79 bits per heavy atom. The highest BCUT2D eigenvalue weighted by Gasteiger charge is 2.26. The zero-order valence-corrected chi connectivity index (χ0v) is 8.61. The van der Waals surface area contributed by atoms with Crippen molar-refractivity contribution >= 4 is 0 Å². The summed E-state index contributed by atoms with van der Waals surface area (Å²) in [4.78, 5) is 0. The van der Waals surface area contributed by atoms with Crippen LogP contribution in [0.2, 0.25) is 0 Å². The lowest BCUT2D eigenvalue weighted by atomic mass is 10.5. The molecule has 2 aliphatic rings. The van der Waals surface area contributed by atoms with Crippen LogP contribution in [0.25, 0.3) is 0 Å². The number of hydrogen-bond acceptors (Lipinski definition) is 4. The van der Waals surface area contributed by atoms with Crippen LogP contribution in [0.15, 0.2) is 12.8 Å². The maximum Gasteiger partial charge on any atom is 0.104 e. The van der Waals surface area contributed by atoms with Crippen LogP contribution < -0.4 is 0 Å². The van der Waals surface area contributed by atoms with Gasteiger partial charge in [0.2, 0.25) is 0 Å². The molecule has 14 heavy (non-hydrogen) atoms. The first kappa shape index (κ1) is 11.5. The summed E-state index contributed by atoms with van der Waals surface area (Å²) in [6, 6.07) is 0. The molecular weight excluding hydrogens is 184 g/mol. The first-order valence-corrected chi connectivity index (χ1v) is 4.90. The second-order valence-electron chi connectivity index (χ2n) is 3.07. The molecule has 4 heteroatoms. The van der Waals surface area contributed by atoms with Crippen LogP contribution in [0.3, 0.4) is 0 Å². The van der Waals surface area contributed by atoms with Gasteiger partial charge in [-0.1, -0.05) is 6.58 Å². The van der Waals surface area contributed by atoms with E-state index in [1.54, 1.807) is 0 Å². The summed E-state index contributed by atoms with van der Waals surface area (Å²) in [6.07, 6.45) is 2.22. The predicted octanol–water partition coefficient (Wildman–Crippen LogP) is 0.967. The molecule has 0 saturated carbocycles. The predicted molar refractivity (Wildman–Crippen MR) is 52.1 cm³/mol. The van der Waals surface area contributed by atoms with Crippen LogP contribution in [-0.2, 0) is 18.9 Å². The van der Waals surface area contributed by atoms with Crippen molar-refractivity contribution in [2.24, 2.45) is 0 Å². The lowest BCUT2D eigenvalue weighted by Gasteiger charge is -1.95. The molecule has 0 aliphatic carbocycles. The van der Waals surface area contributed by atoms with Crippen molar-refractivity contribution in [2.45, 2.75) is 19.1 Å². The van der Waals surface area contributed by atoms with Crippen molar-refractivity contribution < 1.29 is 18.9 Å². The third-order valence-electron chi connectivity index (χ3n) is 1.70. The third-order valence-corrected chi connectivity index (χ3v) is 1.70. The van der Waals surface area contributed by atoms with Crippen LogP contribution in [0.4, 0.5) is 0 Å². The summed E-state index contributed by atoms with van der Waals surface area (Å²) in [5.41, 5.74) is 0. The van der Waals surface area contributed by atoms with E-state index < -0.39 is 0 Å². The molecule has 0 N–H and O–H groups in total. The van der Waals surface area contributed by atoms with E-state index in [0.717, 1.165) is 33.0 Å². The van der Waals surface area contributed by atoms with Gasteiger partial charge in [-0.3, -0.25) is 0 Å². The highest BCUT2D eigenvalue weighted by molar-refractivity contribution is 4.71. The van der Waals surface area contributed by atoms with Crippen molar-refractivity contribution in [1.82, 2.24) is 0 Å². The van der Waals surface area contributed by atoms with Gasteiger partial charge < -0.3 is 18.9 Å². The standard InChI is InChI=1S/C6H10O3.C4H8O/c1(5-3-8-5)7-2-6-4-9-6;1-3-5-4-2/h5-6H,1-4H2;3H,1,4H2,2H3. The van der Waals surface area contributed by atoms with E-state index in [-0.39, 0.29) is 0 Å². The lowest BCUT2D eigenvalue weighted by molar-refractivity contribution is 0.102. The monoisotopic (exact) mass is 202 g/mol. The molecule has 2 aliphatic heterocycles. The minimum Gasteiger partial charge on any atom is -0.502 e. The molecule has 2 atom stereocenters. The van der Waals surface area contributed by atoms with Crippen LogP contribution in [0.5, 0.6) is 0 Å². The van der Waals surface area contributed by atoms with Crippen LogP contribution in [0, 0.1) is 0 Å². The zero-order chi connectivity index (χ0) is 10.2. The lowest BCUT2D eigenvalue weighted by Crippen LogP contribution is -2.06. The molecule has 0 aromatic carbocycles. The van der Waals surface area contributed by atoms with Gasteiger partial charge in [-0.15, -0.1) is 0 Å². The molecule has 0 spiro atoms. The largest absolute Gasteiger partial charge is 0.502 e. The Labute approximate surface area is 84.8 Å². The van der Waals surface area contributed by atoms with Gasteiger partial charge in [-0.25, -0.2) is 0 Å². The van der Waals surface area contributed by atoms with E-state index in [4.69, 9.17) is 14.2 Å². The number of rotatable bonds is 6. The fraction of sp³-hybridized carbons (Fsp3) is 0.800. The molecule has 82 valence electrons. The molecule has 0 amide bonds. The number of ether oxygens (including phenoxy) is 4. The van der Waals surface area contributed by atoms with Gasteiger partial charge in [-0.2, -0.15) is 0 Å². The Hall–Kier alpha value is -0.580. The van der Waals surface area contributed by atoms with E-state index in [1.807, 2.05) is 6.92 Å². The summed E-state index contributed by atoms with van der Waals surface area (Å²) >= 11 is 0. The molecule has 0 bridgehead atoms. The summed E-state index contributed by atoms with van der Waals surface area (Å²) < 4.78 is 19.7. The second-order valence-corrected chi connectivity index (χ2v) is 3.07. The van der Waals surface area contributed by atoms with Crippen LogP contribution in [-0.4, -0.2) is 45.2 Å². The highest BCUT2D eigenvalue weighted by atomic mass is 16.6. The fourth-order valence-electron chi connectivity index (χ4n) is 0.777. The van der Waals surface area contributed by atoms with Crippen molar-refractivity contribution in [3.8, 4) is 0 Å². The van der Waals surface area contributed by atoms with Crippen LogP contribution >= 0.6 is 0 Å². The summed E-state index contributed by atoms with van der Waals surface area (Å²) in [5, 5.41) is 0. The molecule has 0 aromatic rings. The molecule has 4 nitrogen and oxygen atoms in total. The highest BCUT2D eigenvalue weighted by Crippen LogP contribution is 2.12. The SMILES string of the molecule is C(OCC1CO1)C1CO1.C=COCC. The van der Waals surface area contributed by atoms with Gasteiger partial charge in [0.25, 0.3) is 0 Å². The minimum atomic E-state index is 0.392. The van der Waals surface area contributed by atoms with Gasteiger partial charge in [0.1, 0.15) is 12.2 Å². The first-order valence-electron chi connectivity index (χ1n) is 4.90. The summed E-state index contributed by atoms with van der Waals surface area (Å²) in [6.45, 7) is 9.23. The van der Waals surface area contributed by atoms with E-state index in [0.29, 0.717) is 12.2 Å². The first-order chi connectivity index (χ1) is 6.86. The molecule has 2 unspecified atom stereocenters. The van der Waals surface area contributed by atoms with Gasteiger partial charge in [0.05, 0.1) is 39.3 Å². The number of hydrogen-bond donors (Lipinski definition) is 0. The second kappa shape index (κ2) is 6.81. The minimum absolute atomic E-state index is 0.392. The van der Waals surface area contributed by atoms with Crippen molar-refractivity contribution in [3.05, 3.63) is 12.8 Å². The Bertz CT molecular complexity index is 140. The molecule has 0 aromatic heterocycles. The third kappa shape index (κ3) is 6.88.